The molecule has 0 aliphatic carbocycles. The van der Waals surface area contributed by atoms with Gasteiger partial charge in [0, 0.05) is 11.8 Å². The third-order valence-corrected chi connectivity index (χ3v) is 2.72. The molecule has 0 aliphatic heterocycles. The zero-order valence-corrected chi connectivity index (χ0v) is 10.2. The van der Waals surface area contributed by atoms with Gasteiger partial charge in [-0.25, -0.2) is 0 Å². The van der Waals surface area contributed by atoms with Crippen molar-refractivity contribution in [1.29, 1.82) is 0 Å². The summed E-state index contributed by atoms with van der Waals surface area (Å²) in [6, 6.07) is 19.4. The lowest BCUT2D eigenvalue weighted by Gasteiger charge is -2.01. The van der Waals surface area contributed by atoms with Crippen molar-refractivity contribution >= 4 is 11.4 Å². The van der Waals surface area contributed by atoms with Crippen LogP contribution in [-0.2, 0) is 0 Å². The van der Waals surface area contributed by atoms with Crippen molar-refractivity contribution in [2.24, 2.45) is 10.2 Å². The molecule has 0 saturated heterocycles. The van der Waals surface area contributed by atoms with Gasteiger partial charge in [-0.15, -0.1) is 5.11 Å². The van der Waals surface area contributed by atoms with Crippen LogP contribution in [0, 0.1) is 0 Å². The number of H-pyrrole nitrogens is 1. The number of nitrogens with one attached hydrogen (secondary N) is 1. The summed E-state index contributed by atoms with van der Waals surface area (Å²) in [6.45, 7) is 0. The molecule has 3 rings (SSSR count). The largest absolute Gasteiger partial charge is 0.278 e. The van der Waals surface area contributed by atoms with E-state index in [1.165, 1.54) is 0 Å². The summed E-state index contributed by atoms with van der Waals surface area (Å²) < 4.78 is 0. The molecule has 0 spiro atoms. The van der Waals surface area contributed by atoms with Gasteiger partial charge in [-0.1, -0.05) is 36.4 Å². The molecule has 0 atom stereocenters. The molecule has 0 fully saturated rings. The minimum Gasteiger partial charge on any atom is -0.278 e. The Hall–Kier alpha value is -2.75. The maximum atomic E-state index is 4.31. The average Bonchev–Trinajstić information content (AvgIpc) is 3.01. The molecule has 1 aromatic heterocycles. The Morgan fingerprint density at radius 3 is 2.37 bits per heavy atom. The van der Waals surface area contributed by atoms with Gasteiger partial charge in [-0.3, -0.25) is 5.10 Å². The fourth-order valence-corrected chi connectivity index (χ4v) is 1.80. The maximum absolute atomic E-state index is 4.31. The van der Waals surface area contributed by atoms with Crippen LogP contribution in [0.1, 0.15) is 0 Å². The van der Waals surface area contributed by atoms with E-state index in [2.05, 4.69) is 20.4 Å². The van der Waals surface area contributed by atoms with Crippen LogP contribution in [0.15, 0.2) is 77.1 Å². The lowest BCUT2D eigenvalue weighted by atomic mass is 10.1. The maximum Gasteiger partial charge on any atom is 0.0950 e. The third-order valence-electron chi connectivity index (χ3n) is 2.72. The summed E-state index contributed by atoms with van der Waals surface area (Å²) in [5.41, 5.74) is 3.57. The van der Waals surface area contributed by atoms with Crippen LogP contribution >= 0.6 is 0 Å². The van der Waals surface area contributed by atoms with Gasteiger partial charge in [0.2, 0.25) is 0 Å². The van der Waals surface area contributed by atoms with Crippen molar-refractivity contribution in [3.05, 3.63) is 66.9 Å². The van der Waals surface area contributed by atoms with Crippen molar-refractivity contribution < 1.29 is 0 Å². The molecule has 4 nitrogen and oxygen atoms in total. The normalized spacial score (nSPS) is 10.9. The van der Waals surface area contributed by atoms with Gasteiger partial charge in [0.1, 0.15) is 0 Å². The minimum atomic E-state index is 0.815. The predicted octanol–water partition coefficient (Wildman–Crippen LogP) is 4.49. The number of rotatable bonds is 3. The topological polar surface area (TPSA) is 53.4 Å². The molecule has 19 heavy (non-hydrogen) atoms. The van der Waals surface area contributed by atoms with E-state index in [0.29, 0.717) is 0 Å². The van der Waals surface area contributed by atoms with Gasteiger partial charge >= 0.3 is 0 Å². The van der Waals surface area contributed by atoms with Crippen molar-refractivity contribution in [3.8, 4) is 11.3 Å². The summed E-state index contributed by atoms with van der Waals surface area (Å²) in [5.74, 6) is 0. The summed E-state index contributed by atoms with van der Waals surface area (Å²) in [6.07, 6.45) is 1.72. The molecule has 0 radical (unpaired) electrons. The van der Waals surface area contributed by atoms with E-state index < -0.39 is 0 Å². The number of aromatic amines is 1. The SMILES string of the molecule is c1ccc(N=Nc2ccccc2-c2ccn[nH]2)cc1. The van der Waals surface area contributed by atoms with Crippen LogP contribution in [0.25, 0.3) is 11.3 Å². The molecule has 0 aliphatic rings. The zero-order valence-electron chi connectivity index (χ0n) is 10.2. The van der Waals surface area contributed by atoms with E-state index in [9.17, 15) is 0 Å². The molecule has 2 aromatic carbocycles. The minimum absolute atomic E-state index is 0.815. The Kier molecular flexibility index (Phi) is 3.14. The summed E-state index contributed by atoms with van der Waals surface area (Å²) in [4.78, 5) is 0. The second kappa shape index (κ2) is 5.27. The number of aromatic nitrogens is 2. The van der Waals surface area contributed by atoms with E-state index in [4.69, 9.17) is 0 Å². The van der Waals surface area contributed by atoms with Gasteiger partial charge in [0.25, 0.3) is 0 Å². The second-order valence-corrected chi connectivity index (χ2v) is 4.02. The lowest BCUT2D eigenvalue weighted by Crippen LogP contribution is -1.78. The highest BCUT2D eigenvalue weighted by atomic mass is 15.1. The predicted molar refractivity (Wildman–Crippen MR) is 74.6 cm³/mol. The molecule has 0 bridgehead atoms. The lowest BCUT2D eigenvalue weighted by molar-refractivity contribution is 1.09. The first-order valence-corrected chi connectivity index (χ1v) is 5.99. The fourth-order valence-electron chi connectivity index (χ4n) is 1.80. The summed E-state index contributed by atoms with van der Waals surface area (Å²) >= 11 is 0. The highest BCUT2D eigenvalue weighted by Crippen LogP contribution is 2.29. The summed E-state index contributed by atoms with van der Waals surface area (Å²) in [5, 5.41) is 15.4. The number of hydrogen-bond acceptors (Lipinski definition) is 3. The number of hydrogen-bond donors (Lipinski definition) is 1. The highest BCUT2D eigenvalue weighted by molar-refractivity contribution is 5.72. The molecule has 92 valence electrons. The Labute approximate surface area is 110 Å². The standard InChI is InChI=1S/C15H12N4/c1-2-6-12(7-3-1)17-19-14-9-5-4-8-13(14)15-10-11-16-18-15/h1-11H,(H,16,18). The van der Waals surface area contributed by atoms with Crippen LogP contribution in [0.2, 0.25) is 0 Å². The first-order chi connectivity index (χ1) is 9.43. The van der Waals surface area contributed by atoms with E-state index in [-0.39, 0.29) is 0 Å². The van der Waals surface area contributed by atoms with Gasteiger partial charge in [0.15, 0.2) is 0 Å². The Bertz CT molecular complexity index is 672. The van der Waals surface area contributed by atoms with Crippen molar-refractivity contribution in [2.45, 2.75) is 0 Å². The third kappa shape index (κ3) is 2.57. The highest BCUT2D eigenvalue weighted by Gasteiger charge is 2.04. The van der Waals surface area contributed by atoms with Gasteiger partial charge in [0.05, 0.1) is 17.1 Å². The molecule has 4 heteroatoms. The molecule has 0 saturated carbocycles. The van der Waals surface area contributed by atoms with Gasteiger partial charge < -0.3 is 0 Å². The molecule has 1 N–H and O–H groups in total. The molecular weight excluding hydrogens is 236 g/mol. The summed E-state index contributed by atoms with van der Waals surface area (Å²) in [7, 11) is 0. The first-order valence-electron chi connectivity index (χ1n) is 5.99. The van der Waals surface area contributed by atoms with Crippen molar-refractivity contribution in [3.63, 3.8) is 0 Å². The van der Waals surface area contributed by atoms with Crippen LogP contribution in [0.3, 0.4) is 0 Å². The van der Waals surface area contributed by atoms with E-state index in [1.54, 1.807) is 6.20 Å². The van der Waals surface area contributed by atoms with Crippen LogP contribution < -0.4 is 0 Å². The molecule has 0 unspecified atom stereocenters. The van der Waals surface area contributed by atoms with Crippen LogP contribution in [-0.4, -0.2) is 10.2 Å². The molecule has 0 amide bonds. The Balaban J connectivity index is 1.96. The molecule has 1 heterocycles. The molecule has 3 aromatic rings. The van der Waals surface area contributed by atoms with Gasteiger partial charge in [-0.2, -0.15) is 10.2 Å². The Morgan fingerprint density at radius 1 is 0.789 bits per heavy atom. The van der Waals surface area contributed by atoms with Crippen molar-refractivity contribution in [2.75, 3.05) is 0 Å². The fraction of sp³-hybridized carbons (Fsp3) is 0. The first kappa shape index (κ1) is 11.3. The Morgan fingerprint density at radius 2 is 1.58 bits per heavy atom. The monoisotopic (exact) mass is 248 g/mol. The van der Waals surface area contributed by atoms with E-state index in [0.717, 1.165) is 22.6 Å². The smallest absolute Gasteiger partial charge is 0.0950 e. The average molecular weight is 248 g/mol. The zero-order chi connectivity index (χ0) is 12.9. The van der Waals surface area contributed by atoms with Crippen LogP contribution in [0.4, 0.5) is 11.4 Å². The number of nitrogens with zero attached hydrogens (tertiary/aromatic N) is 3. The number of benzene rings is 2. The van der Waals surface area contributed by atoms with Gasteiger partial charge in [-0.05, 0) is 24.3 Å². The van der Waals surface area contributed by atoms with Crippen LogP contribution in [0.5, 0.6) is 0 Å². The number of azo groups is 1. The quantitative estimate of drug-likeness (QED) is 0.682. The van der Waals surface area contributed by atoms with E-state index in [1.807, 2.05) is 60.7 Å². The van der Waals surface area contributed by atoms with E-state index >= 15 is 0 Å². The van der Waals surface area contributed by atoms with Crippen molar-refractivity contribution in [1.82, 2.24) is 10.2 Å². The second-order valence-electron chi connectivity index (χ2n) is 4.02. The molecular formula is C15H12N4.